The summed E-state index contributed by atoms with van der Waals surface area (Å²) in [6.07, 6.45) is 1.31. The molecule has 0 atom stereocenters. The molecule has 0 saturated carbocycles. The quantitative estimate of drug-likeness (QED) is 0.679. The second-order valence-electron chi connectivity index (χ2n) is 5.68. The number of benzene rings is 2. The second kappa shape index (κ2) is 7.36. The number of nitrogens with zero attached hydrogens (tertiary/aromatic N) is 3. The number of ether oxygens (including phenoxy) is 1. The third-order valence-electron chi connectivity index (χ3n) is 4.05. The number of carboxylic acids is 1. The highest BCUT2D eigenvalue weighted by molar-refractivity contribution is 5.93. The summed E-state index contributed by atoms with van der Waals surface area (Å²) in [5, 5.41) is 17.6. The van der Waals surface area contributed by atoms with Gasteiger partial charge in [-0.1, -0.05) is 0 Å². The van der Waals surface area contributed by atoms with Crippen LogP contribution in [0.15, 0.2) is 57.6 Å². The van der Waals surface area contributed by atoms with Crippen molar-refractivity contribution >= 4 is 28.2 Å². The number of carbonyl (C=O) groups is 1. The van der Waals surface area contributed by atoms with Crippen molar-refractivity contribution in [2.75, 3.05) is 7.11 Å². The van der Waals surface area contributed by atoms with Crippen molar-refractivity contribution < 1.29 is 19.0 Å². The maximum Gasteiger partial charge on any atom is 0.341 e. The van der Waals surface area contributed by atoms with Gasteiger partial charge in [-0.3, -0.25) is 4.79 Å². The molecular weight excluding hydrogens is 353 g/mol. The van der Waals surface area contributed by atoms with Gasteiger partial charge in [0.1, 0.15) is 22.8 Å². The van der Waals surface area contributed by atoms with Crippen LogP contribution in [0.4, 0.5) is 15.8 Å². The normalized spacial score (nSPS) is 11.2. The lowest BCUT2D eigenvalue weighted by atomic mass is 10.1. The largest absolute Gasteiger partial charge is 0.494 e. The zero-order chi connectivity index (χ0) is 19.6. The van der Waals surface area contributed by atoms with Crippen molar-refractivity contribution in [3.05, 3.63) is 64.2 Å². The van der Waals surface area contributed by atoms with E-state index >= 15 is 0 Å². The van der Waals surface area contributed by atoms with Crippen LogP contribution in [0.5, 0.6) is 5.75 Å². The number of aromatic carboxylic acids is 1. The summed E-state index contributed by atoms with van der Waals surface area (Å²) in [5.74, 6) is -1.37. The molecule has 0 amide bonds. The molecule has 27 heavy (non-hydrogen) atoms. The maximum absolute atomic E-state index is 13.4. The van der Waals surface area contributed by atoms with Gasteiger partial charge < -0.3 is 14.4 Å². The smallest absolute Gasteiger partial charge is 0.341 e. The minimum Gasteiger partial charge on any atom is -0.494 e. The minimum absolute atomic E-state index is 0.228. The Labute approximate surface area is 153 Å². The summed E-state index contributed by atoms with van der Waals surface area (Å²) >= 11 is 0. The molecule has 1 heterocycles. The summed E-state index contributed by atoms with van der Waals surface area (Å²) in [6, 6.07) is 8.59. The highest BCUT2D eigenvalue weighted by Crippen LogP contribution is 2.30. The SMILES string of the molecule is CCn1cc(C(=O)O)c(=O)c2ccc(N=Nc3cc(F)ccc3OC)cc21. The summed E-state index contributed by atoms with van der Waals surface area (Å²) in [7, 11) is 1.45. The van der Waals surface area contributed by atoms with Crippen LogP contribution in [-0.2, 0) is 6.54 Å². The summed E-state index contributed by atoms with van der Waals surface area (Å²) in [6.45, 7) is 2.30. The number of rotatable bonds is 5. The van der Waals surface area contributed by atoms with Crippen molar-refractivity contribution in [1.82, 2.24) is 4.57 Å². The predicted molar refractivity (Wildman–Crippen MR) is 98.0 cm³/mol. The monoisotopic (exact) mass is 369 g/mol. The molecule has 0 unspecified atom stereocenters. The van der Waals surface area contributed by atoms with Crippen LogP contribution in [0.2, 0.25) is 0 Å². The standard InChI is InChI=1S/C19H16FN3O4/c1-3-23-10-14(19(25)26)18(24)13-6-5-12(9-16(13)23)21-22-15-8-11(20)4-7-17(15)27-2/h4-10H,3H2,1-2H3,(H,25,26). The third kappa shape index (κ3) is 3.55. The van der Waals surface area contributed by atoms with Gasteiger partial charge in [0.25, 0.3) is 0 Å². The number of hydrogen-bond donors (Lipinski definition) is 1. The molecule has 0 fully saturated rings. The lowest BCUT2D eigenvalue weighted by molar-refractivity contribution is 0.0695. The lowest BCUT2D eigenvalue weighted by Crippen LogP contribution is -2.18. The molecule has 138 valence electrons. The fraction of sp³-hybridized carbons (Fsp3) is 0.158. The molecule has 3 aromatic rings. The molecule has 0 saturated heterocycles. The van der Waals surface area contributed by atoms with E-state index in [0.717, 1.165) is 0 Å². The fourth-order valence-corrected chi connectivity index (χ4v) is 2.71. The van der Waals surface area contributed by atoms with Crippen molar-refractivity contribution in [2.24, 2.45) is 10.2 Å². The molecule has 2 aromatic carbocycles. The molecule has 1 aromatic heterocycles. The zero-order valence-corrected chi connectivity index (χ0v) is 14.6. The molecule has 8 heteroatoms. The van der Waals surface area contributed by atoms with Crippen LogP contribution < -0.4 is 10.2 Å². The number of azo groups is 1. The van der Waals surface area contributed by atoms with Gasteiger partial charge in [0.05, 0.1) is 18.3 Å². The Morgan fingerprint density at radius 3 is 2.67 bits per heavy atom. The highest BCUT2D eigenvalue weighted by atomic mass is 19.1. The van der Waals surface area contributed by atoms with E-state index in [-0.39, 0.29) is 16.6 Å². The second-order valence-corrected chi connectivity index (χ2v) is 5.68. The maximum atomic E-state index is 13.4. The van der Waals surface area contributed by atoms with Crippen molar-refractivity contribution in [3.63, 3.8) is 0 Å². The van der Waals surface area contributed by atoms with Gasteiger partial charge in [0.2, 0.25) is 5.43 Å². The first-order valence-electron chi connectivity index (χ1n) is 8.10. The van der Waals surface area contributed by atoms with Crippen molar-refractivity contribution in [3.8, 4) is 5.75 Å². The number of methoxy groups -OCH3 is 1. The molecule has 0 bridgehead atoms. The lowest BCUT2D eigenvalue weighted by Gasteiger charge is -2.10. The Balaban J connectivity index is 2.10. The third-order valence-corrected chi connectivity index (χ3v) is 4.05. The van der Waals surface area contributed by atoms with Gasteiger partial charge in [-0.15, -0.1) is 5.11 Å². The number of pyridine rings is 1. The van der Waals surface area contributed by atoms with Crippen molar-refractivity contribution in [2.45, 2.75) is 13.5 Å². The Morgan fingerprint density at radius 1 is 1.22 bits per heavy atom. The van der Waals surface area contributed by atoms with E-state index in [9.17, 15) is 19.1 Å². The fourth-order valence-electron chi connectivity index (χ4n) is 2.71. The molecule has 0 aliphatic heterocycles. The minimum atomic E-state index is -1.27. The molecule has 3 rings (SSSR count). The molecular formula is C19H16FN3O4. The Hall–Kier alpha value is -3.55. The first-order chi connectivity index (χ1) is 12.9. The van der Waals surface area contributed by atoms with Crippen LogP contribution in [0.25, 0.3) is 10.9 Å². The van der Waals surface area contributed by atoms with E-state index in [2.05, 4.69) is 10.2 Å². The van der Waals surface area contributed by atoms with E-state index in [0.29, 0.717) is 23.5 Å². The molecule has 0 aliphatic rings. The highest BCUT2D eigenvalue weighted by Gasteiger charge is 2.14. The Morgan fingerprint density at radius 2 is 2.00 bits per heavy atom. The summed E-state index contributed by atoms with van der Waals surface area (Å²) in [4.78, 5) is 23.6. The van der Waals surface area contributed by atoms with Crippen molar-refractivity contribution in [1.29, 1.82) is 0 Å². The molecule has 1 N–H and O–H groups in total. The van der Waals surface area contributed by atoms with E-state index in [4.69, 9.17) is 4.74 Å². The van der Waals surface area contributed by atoms with Gasteiger partial charge in [-0.05, 0) is 37.3 Å². The van der Waals surface area contributed by atoms with E-state index in [1.165, 1.54) is 37.6 Å². The predicted octanol–water partition coefficient (Wildman–Crippen LogP) is 4.28. The van der Waals surface area contributed by atoms with E-state index < -0.39 is 17.2 Å². The number of aryl methyl sites for hydroxylation is 1. The van der Waals surface area contributed by atoms with E-state index in [1.54, 1.807) is 16.7 Å². The van der Waals surface area contributed by atoms with Crippen LogP contribution in [-0.4, -0.2) is 22.8 Å². The van der Waals surface area contributed by atoms with Crippen LogP contribution in [0.1, 0.15) is 17.3 Å². The zero-order valence-electron chi connectivity index (χ0n) is 14.6. The van der Waals surface area contributed by atoms with E-state index in [1.807, 2.05) is 6.92 Å². The summed E-state index contributed by atoms with van der Waals surface area (Å²) < 4.78 is 20.2. The Bertz CT molecular complexity index is 1120. The number of aromatic nitrogens is 1. The first-order valence-corrected chi connectivity index (χ1v) is 8.10. The van der Waals surface area contributed by atoms with Gasteiger partial charge in [-0.2, -0.15) is 5.11 Å². The van der Waals surface area contributed by atoms with Crippen LogP contribution >= 0.6 is 0 Å². The van der Waals surface area contributed by atoms with Gasteiger partial charge >= 0.3 is 5.97 Å². The molecule has 7 nitrogen and oxygen atoms in total. The van der Waals surface area contributed by atoms with Crippen LogP contribution in [0.3, 0.4) is 0 Å². The van der Waals surface area contributed by atoms with Crippen LogP contribution in [0, 0.1) is 5.82 Å². The topological polar surface area (TPSA) is 93.2 Å². The van der Waals surface area contributed by atoms with Gasteiger partial charge in [-0.25, -0.2) is 9.18 Å². The molecule has 0 aliphatic carbocycles. The molecule has 0 radical (unpaired) electrons. The average molecular weight is 369 g/mol. The number of halogens is 1. The Kier molecular flexibility index (Phi) is 4.98. The van der Waals surface area contributed by atoms with Gasteiger partial charge in [0.15, 0.2) is 0 Å². The molecule has 0 spiro atoms. The first kappa shape index (κ1) is 18.2. The van der Waals surface area contributed by atoms with Gasteiger partial charge in [0, 0.05) is 24.2 Å². The summed E-state index contributed by atoms with van der Waals surface area (Å²) in [5.41, 5.74) is 0.348. The number of fused-ring (bicyclic) bond motifs is 1. The number of carboxylic acid groups (broad SMARTS) is 1. The average Bonchev–Trinajstić information content (AvgIpc) is 2.66. The number of hydrogen-bond acceptors (Lipinski definition) is 5.